The maximum Gasteiger partial charge on any atom is 0.146 e. The van der Waals surface area contributed by atoms with Crippen LogP contribution < -0.4 is 10.2 Å². The summed E-state index contributed by atoms with van der Waals surface area (Å²) in [6.45, 7) is 8.89. The number of hydrogen-bond acceptors (Lipinski definition) is 4. The van der Waals surface area contributed by atoms with E-state index in [9.17, 15) is 0 Å². The summed E-state index contributed by atoms with van der Waals surface area (Å²) in [4.78, 5) is 10.8. The molecule has 0 saturated carbocycles. The van der Waals surface area contributed by atoms with Crippen LogP contribution in [-0.4, -0.2) is 36.1 Å². The molecule has 0 amide bonds. The average molecular weight is 327 g/mol. The molecule has 1 N–H and O–H groups in total. The molecule has 2 rings (SSSR count). The van der Waals surface area contributed by atoms with Crippen LogP contribution in [0.2, 0.25) is 0 Å². The van der Waals surface area contributed by atoms with Crippen molar-refractivity contribution >= 4 is 21.7 Å². The number of aromatic nitrogens is 2. The molecule has 1 aliphatic rings. The van der Waals surface area contributed by atoms with Gasteiger partial charge in [-0.2, -0.15) is 0 Å². The van der Waals surface area contributed by atoms with Crippen molar-refractivity contribution in [1.29, 1.82) is 0 Å². The van der Waals surface area contributed by atoms with Crippen LogP contribution in [0.3, 0.4) is 0 Å². The SMILES string of the molecule is CC(C)CNCC1CCCN(c2ncncc2Br)C1. The van der Waals surface area contributed by atoms with Gasteiger partial charge in [0.05, 0.1) is 4.47 Å². The lowest BCUT2D eigenvalue weighted by atomic mass is 9.98. The Hall–Kier alpha value is -0.680. The summed E-state index contributed by atoms with van der Waals surface area (Å²) in [5.74, 6) is 2.47. The Morgan fingerprint density at radius 2 is 2.37 bits per heavy atom. The van der Waals surface area contributed by atoms with Crippen molar-refractivity contribution in [3.63, 3.8) is 0 Å². The molecule has 1 saturated heterocycles. The molecule has 1 atom stereocenters. The molecule has 5 heteroatoms. The molecule has 1 fully saturated rings. The highest BCUT2D eigenvalue weighted by atomic mass is 79.9. The molecule has 1 unspecified atom stereocenters. The van der Waals surface area contributed by atoms with Crippen molar-refractivity contribution in [3.8, 4) is 0 Å². The minimum atomic E-state index is 0.717. The standard InChI is InChI=1S/C14H23BrN4/c1-11(2)6-16-7-12-4-3-5-19(9-12)14-13(15)8-17-10-18-14/h8,10-12,16H,3-7,9H2,1-2H3. The van der Waals surface area contributed by atoms with Gasteiger partial charge < -0.3 is 10.2 Å². The van der Waals surface area contributed by atoms with Gasteiger partial charge >= 0.3 is 0 Å². The predicted octanol–water partition coefficient (Wildman–Crippen LogP) is 2.70. The molecule has 0 bridgehead atoms. The topological polar surface area (TPSA) is 41.0 Å². The maximum absolute atomic E-state index is 4.39. The molecule has 1 aromatic rings. The average Bonchev–Trinajstić information content (AvgIpc) is 2.39. The normalized spacial score (nSPS) is 20.0. The number of nitrogens with one attached hydrogen (secondary N) is 1. The summed E-state index contributed by atoms with van der Waals surface area (Å²) >= 11 is 3.54. The van der Waals surface area contributed by atoms with Gasteiger partial charge in [0, 0.05) is 19.3 Å². The van der Waals surface area contributed by atoms with Crippen LogP contribution in [0.15, 0.2) is 17.0 Å². The van der Waals surface area contributed by atoms with Crippen LogP contribution in [-0.2, 0) is 0 Å². The van der Waals surface area contributed by atoms with Gasteiger partial charge in [-0.3, -0.25) is 0 Å². The molecule has 0 spiro atoms. The summed E-state index contributed by atoms with van der Waals surface area (Å²) in [5, 5.41) is 3.57. The Labute approximate surface area is 124 Å². The lowest BCUT2D eigenvalue weighted by molar-refractivity contribution is 0.381. The zero-order valence-corrected chi connectivity index (χ0v) is 13.4. The van der Waals surface area contributed by atoms with E-state index in [2.05, 4.69) is 50.0 Å². The van der Waals surface area contributed by atoms with E-state index < -0.39 is 0 Å². The van der Waals surface area contributed by atoms with E-state index in [1.807, 2.05) is 6.20 Å². The van der Waals surface area contributed by atoms with Crippen molar-refractivity contribution in [1.82, 2.24) is 15.3 Å². The molecule has 19 heavy (non-hydrogen) atoms. The smallest absolute Gasteiger partial charge is 0.146 e. The summed E-state index contributed by atoms with van der Waals surface area (Å²) in [7, 11) is 0. The third kappa shape index (κ3) is 4.42. The number of nitrogens with zero attached hydrogens (tertiary/aromatic N) is 3. The molecule has 106 valence electrons. The molecule has 1 aliphatic heterocycles. The summed E-state index contributed by atoms with van der Waals surface area (Å²) in [5.41, 5.74) is 0. The lowest BCUT2D eigenvalue weighted by Gasteiger charge is -2.34. The summed E-state index contributed by atoms with van der Waals surface area (Å²) < 4.78 is 0.991. The number of rotatable bonds is 5. The maximum atomic E-state index is 4.39. The predicted molar refractivity (Wildman–Crippen MR) is 82.4 cm³/mol. The van der Waals surface area contributed by atoms with Gasteiger partial charge in [0.1, 0.15) is 12.1 Å². The van der Waals surface area contributed by atoms with E-state index in [1.54, 1.807) is 6.33 Å². The summed E-state index contributed by atoms with van der Waals surface area (Å²) in [6, 6.07) is 0. The van der Waals surface area contributed by atoms with E-state index >= 15 is 0 Å². The first-order valence-electron chi connectivity index (χ1n) is 7.08. The fourth-order valence-electron chi connectivity index (χ4n) is 2.54. The van der Waals surface area contributed by atoms with Gasteiger partial charge in [-0.25, -0.2) is 9.97 Å². The molecule has 0 aliphatic carbocycles. The highest BCUT2D eigenvalue weighted by molar-refractivity contribution is 9.10. The molecular formula is C14H23BrN4. The van der Waals surface area contributed by atoms with Crippen LogP contribution >= 0.6 is 15.9 Å². The second-order valence-electron chi connectivity index (χ2n) is 5.70. The van der Waals surface area contributed by atoms with Crippen molar-refractivity contribution in [2.45, 2.75) is 26.7 Å². The minimum Gasteiger partial charge on any atom is -0.355 e. The Bertz CT molecular complexity index is 397. The van der Waals surface area contributed by atoms with Crippen LogP contribution in [0.4, 0.5) is 5.82 Å². The van der Waals surface area contributed by atoms with Crippen LogP contribution in [0, 0.1) is 11.8 Å². The van der Waals surface area contributed by atoms with E-state index in [1.165, 1.54) is 12.8 Å². The third-order valence-corrected chi connectivity index (χ3v) is 4.01. The first kappa shape index (κ1) is 14.7. The van der Waals surface area contributed by atoms with E-state index in [4.69, 9.17) is 0 Å². The number of piperidine rings is 1. The van der Waals surface area contributed by atoms with Gasteiger partial charge in [-0.05, 0) is 53.7 Å². The van der Waals surface area contributed by atoms with Gasteiger partial charge in [-0.1, -0.05) is 13.8 Å². The van der Waals surface area contributed by atoms with E-state index in [0.29, 0.717) is 0 Å². The van der Waals surface area contributed by atoms with Gasteiger partial charge in [0.25, 0.3) is 0 Å². The molecule has 0 radical (unpaired) electrons. The molecule has 2 heterocycles. The monoisotopic (exact) mass is 326 g/mol. The number of hydrogen-bond donors (Lipinski definition) is 1. The fraction of sp³-hybridized carbons (Fsp3) is 0.714. The van der Waals surface area contributed by atoms with Crippen LogP contribution in [0.5, 0.6) is 0 Å². The van der Waals surface area contributed by atoms with E-state index in [0.717, 1.165) is 48.3 Å². The highest BCUT2D eigenvalue weighted by Gasteiger charge is 2.22. The first-order valence-corrected chi connectivity index (χ1v) is 7.87. The lowest BCUT2D eigenvalue weighted by Crippen LogP contribution is -2.40. The molecular weight excluding hydrogens is 304 g/mol. The fourth-order valence-corrected chi connectivity index (χ4v) is 3.01. The number of anilines is 1. The Morgan fingerprint density at radius 3 is 3.11 bits per heavy atom. The first-order chi connectivity index (χ1) is 9.16. The van der Waals surface area contributed by atoms with E-state index in [-0.39, 0.29) is 0 Å². The Morgan fingerprint density at radius 1 is 1.53 bits per heavy atom. The van der Waals surface area contributed by atoms with Gasteiger partial charge in [0.15, 0.2) is 0 Å². The van der Waals surface area contributed by atoms with Crippen molar-refractivity contribution < 1.29 is 0 Å². The summed E-state index contributed by atoms with van der Waals surface area (Å²) in [6.07, 6.45) is 6.00. The Kier molecular flexibility index (Phi) is 5.58. The largest absolute Gasteiger partial charge is 0.355 e. The molecule has 0 aromatic carbocycles. The van der Waals surface area contributed by atoms with Gasteiger partial charge in [0.2, 0.25) is 0 Å². The third-order valence-electron chi connectivity index (χ3n) is 3.45. The minimum absolute atomic E-state index is 0.717. The van der Waals surface area contributed by atoms with Gasteiger partial charge in [-0.15, -0.1) is 0 Å². The quantitative estimate of drug-likeness (QED) is 0.903. The molecule has 4 nitrogen and oxygen atoms in total. The zero-order chi connectivity index (χ0) is 13.7. The Balaban J connectivity index is 1.88. The highest BCUT2D eigenvalue weighted by Crippen LogP contribution is 2.26. The van der Waals surface area contributed by atoms with Crippen molar-refractivity contribution in [2.75, 3.05) is 31.1 Å². The molecule has 1 aromatic heterocycles. The van der Waals surface area contributed by atoms with Crippen LogP contribution in [0.25, 0.3) is 0 Å². The van der Waals surface area contributed by atoms with Crippen molar-refractivity contribution in [3.05, 3.63) is 17.0 Å². The second kappa shape index (κ2) is 7.20. The van der Waals surface area contributed by atoms with Crippen molar-refractivity contribution in [2.24, 2.45) is 11.8 Å². The second-order valence-corrected chi connectivity index (χ2v) is 6.55. The number of halogens is 1. The zero-order valence-electron chi connectivity index (χ0n) is 11.8. The van der Waals surface area contributed by atoms with Crippen LogP contribution in [0.1, 0.15) is 26.7 Å².